The Morgan fingerprint density at radius 2 is 1.86 bits per heavy atom. The molecular formula is C17H28N2OS. The highest BCUT2D eigenvalue weighted by molar-refractivity contribution is 8.00. The second kappa shape index (κ2) is 9.85. The molecule has 2 unspecified atom stereocenters. The zero-order valence-corrected chi connectivity index (χ0v) is 14.4. The minimum atomic E-state index is -0.0306. The van der Waals surface area contributed by atoms with E-state index in [1.807, 2.05) is 23.9 Å². The van der Waals surface area contributed by atoms with Crippen LogP contribution in [0.3, 0.4) is 0 Å². The molecule has 2 N–H and O–H groups in total. The smallest absolute Gasteiger partial charge is 0.221 e. The first kappa shape index (κ1) is 18.1. The monoisotopic (exact) mass is 308 g/mol. The van der Waals surface area contributed by atoms with E-state index >= 15 is 0 Å². The van der Waals surface area contributed by atoms with Crippen molar-refractivity contribution >= 4 is 23.4 Å². The maximum Gasteiger partial charge on any atom is 0.221 e. The minimum absolute atomic E-state index is 0.0306. The van der Waals surface area contributed by atoms with Crippen molar-refractivity contribution in [2.45, 2.75) is 63.1 Å². The van der Waals surface area contributed by atoms with Crippen molar-refractivity contribution in [3.05, 3.63) is 24.3 Å². The molecule has 1 aromatic carbocycles. The molecule has 0 aliphatic heterocycles. The fourth-order valence-electron chi connectivity index (χ4n) is 2.44. The third-order valence-corrected chi connectivity index (χ3v) is 4.89. The van der Waals surface area contributed by atoms with E-state index in [4.69, 9.17) is 0 Å². The van der Waals surface area contributed by atoms with E-state index in [-0.39, 0.29) is 5.91 Å². The van der Waals surface area contributed by atoms with Crippen molar-refractivity contribution in [2.75, 3.05) is 11.9 Å². The highest BCUT2D eigenvalue weighted by atomic mass is 32.2. The van der Waals surface area contributed by atoms with Gasteiger partial charge in [-0.15, -0.1) is 11.8 Å². The zero-order chi connectivity index (χ0) is 15.7. The van der Waals surface area contributed by atoms with Gasteiger partial charge < -0.3 is 10.6 Å². The molecule has 0 fully saturated rings. The van der Waals surface area contributed by atoms with Gasteiger partial charge in [-0.1, -0.05) is 27.2 Å². The second-order valence-corrected chi connectivity index (χ2v) is 6.54. The van der Waals surface area contributed by atoms with Crippen LogP contribution in [0.15, 0.2) is 29.2 Å². The summed E-state index contributed by atoms with van der Waals surface area (Å²) in [5.74, 6) is -0.0306. The van der Waals surface area contributed by atoms with Gasteiger partial charge in [-0.25, -0.2) is 0 Å². The largest absolute Gasteiger partial charge is 0.326 e. The Morgan fingerprint density at radius 3 is 2.33 bits per heavy atom. The molecule has 3 nitrogen and oxygen atoms in total. The Hall–Kier alpha value is -1.00. The summed E-state index contributed by atoms with van der Waals surface area (Å²) in [6, 6.07) is 8.68. The van der Waals surface area contributed by atoms with Gasteiger partial charge in [0.05, 0.1) is 0 Å². The van der Waals surface area contributed by atoms with Gasteiger partial charge in [0.25, 0.3) is 0 Å². The van der Waals surface area contributed by atoms with E-state index in [1.54, 1.807) is 0 Å². The van der Waals surface area contributed by atoms with Crippen molar-refractivity contribution in [2.24, 2.45) is 0 Å². The molecule has 0 aliphatic rings. The Morgan fingerprint density at radius 1 is 1.19 bits per heavy atom. The lowest BCUT2D eigenvalue weighted by molar-refractivity contribution is -0.114. The molecule has 1 amide bonds. The number of hydrogen-bond acceptors (Lipinski definition) is 3. The van der Waals surface area contributed by atoms with Gasteiger partial charge in [0.1, 0.15) is 0 Å². The van der Waals surface area contributed by atoms with Crippen LogP contribution in [0.4, 0.5) is 5.69 Å². The number of anilines is 1. The summed E-state index contributed by atoms with van der Waals surface area (Å²) in [6.07, 6.45) is 3.56. The van der Waals surface area contributed by atoms with Gasteiger partial charge in [-0.05, 0) is 43.7 Å². The summed E-state index contributed by atoms with van der Waals surface area (Å²) in [5, 5.41) is 7.00. The molecule has 118 valence electrons. The molecule has 1 aromatic rings. The number of carbonyl (C=O) groups excluding carboxylic acids is 1. The molecule has 21 heavy (non-hydrogen) atoms. The number of amides is 1. The van der Waals surface area contributed by atoms with Gasteiger partial charge in [0.15, 0.2) is 0 Å². The second-order valence-electron chi connectivity index (χ2n) is 5.22. The minimum Gasteiger partial charge on any atom is -0.326 e. The van der Waals surface area contributed by atoms with Gasteiger partial charge >= 0.3 is 0 Å². The molecule has 1 rings (SSSR count). The Kier molecular flexibility index (Phi) is 8.47. The van der Waals surface area contributed by atoms with Crippen LogP contribution < -0.4 is 10.6 Å². The molecule has 2 atom stereocenters. The van der Waals surface area contributed by atoms with Crippen molar-refractivity contribution < 1.29 is 4.79 Å². The number of hydrogen-bond donors (Lipinski definition) is 2. The fourth-order valence-corrected chi connectivity index (χ4v) is 3.64. The van der Waals surface area contributed by atoms with Gasteiger partial charge in [0, 0.05) is 28.8 Å². The maximum absolute atomic E-state index is 11.0. The van der Waals surface area contributed by atoms with Crippen molar-refractivity contribution in [1.29, 1.82) is 0 Å². The summed E-state index contributed by atoms with van der Waals surface area (Å²) < 4.78 is 0. The van der Waals surface area contributed by atoms with Crippen LogP contribution in [0.5, 0.6) is 0 Å². The highest BCUT2D eigenvalue weighted by Gasteiger charge is 2.19. The predicted octanol–water partition coefficient (Wildman–Crippen LogP) is 4.29. The molecule has 0 aliphatic carbocycles. The molecule has 0 bridgehead atoms. The number of rotatable bonds is 9. The number of carbonyl (C=O) groups is 1. The van der Waals surface area contributed by atoms with Gasteiger partial charge in [0.2, 0.25) is 5.91 Å². The third-order valence-electron chi connectivity index (χ3n) is 3.38. The molecule has 0 radical (unpaired) electrons. The molecule has 0 saturated carbocycles. The summed E-state index contributed by atoms with van der Waals surface area (Å²) in [4.78, 5) is 12.3. The molecule has 4 heteroatoms. The van der Waals surface area contributed by atoms with Crippen molar-refractivity contribution in [1.82, 2.24) is 5.32 Å². The van der Waals surface area contributed by atoms with E-state index < -0.39 is 0 Å². The average Bonchev–Trinajstić information content (AvgIpc) is 2.46. The highest BCUT2D eigenvalue weighted by Crippen LogP contribution is 2.30. The lowest BCUT2D eigenvalue weighted by Gasteiger charge is -2.26. The van der Waals surface area contributed by atoms with E-state index in [0.29, 0.717) is 11.3 Å². The average molecular weight is 308 g/mol. The first-order valence-corrected chi connectivity index (χ1v) is 8.76. The first-order chi connectivity index (χ1) is 10.1. The van der Waals surface area contributed by atoms with Crippen LogP contribution in [-0.4, -0.2) is 23.7 Å². The van der Waals surface area contributed by atoms with Crippen molar-refractivity contribution in [3.63, 3.8) is 0 Å². The van der Waals surface area contributed by atoms with Gasteiger partial charge in [-0.3, -0.25) is 4.79 Å². The van der Waals surface area contributed by atoms with E-state index in [2.05, 4.69) is 43.5 Å². The molecule has 0 saturated heterocycles. The quantitative estimate of drug-likeness (QED) is 0.669. The van der Waals surface area contributed by atoms with Crippen LogP contribution in [0.2, 0.25) is 0 Å². The first-order valence-electron chi connectivity index (χ1n) is 7.88. The van der Waals surface area contributed by atoms with E-state index in [1.165, 1.54) is 24.7 Å². The van der Waals surface area contributed by atoms with Crippen LogP contribution in [-0.2, 0) is 4.79 Å². The van der Waals surface area contributed by atoms with E-state index in [0.717, 1.165) is 18.7 Å². The maximum atomic E-state index is 11.0. The van der Waals surface area contributed by atoms with Crippen LogP contribution in [0.1, 0.15) is 47.0 Å². The topological polar surface area (TPSA) is 41.1 Å². The fraction of sp³-hybridized carbons (Fsp3) is 0.588. The predicted molar refractivity (Wildman–Crippen MR) is 93.1 cm³/mol. The number of benzene rings is 1. The lowest BCUT2D eigenvalue weighted by atomic mass is 10.1. The molecule has 0 aromatic heterocycles. The van der Waals surface area contributed by atoms with Crippen molar-refractivity contribution in [3.8, 4) is 0 Å². The van der Waals surface area contributed by atoms with E-state index in [9.17, 15) is 4.79 Å². The molecule has 0 spiro atoms. The molecule has 0 heterocycles. The Labute approximate surface area is 133 Å². The Bertz CT molecular complexity index is 413. The third kappa shape index (κ3) is 6.53. The van der Waals surface area contributed by atoms with Crippen LogP contribution in [0.25, 0.3) is 0 Å². The standard InChI is InChI=1S/C17H28N2OS/c1-5-8-16(18-7-3)17(6-2)21-15-11-9-14(10-12-15)19-13(4)20/h9-12,16-18H,5-8H2,1-4H3,(H,19,20). The van der Waals surface area contributed by atoms with Gasteiger partial charge in [-0.2, -0.15) is 0 Å². The SMILES string of the molecule is CCCC(NCC)C(CC)Sc1ccc(NC(C)=O)cc1. The number of nitrogens with one attached hydrogen (secondary N) is 2. The van der Waals surface area contributed by atoms with Crippen LogP contribution >= 0.6 is 11.8 Å². The summed E-state index contributed by atoms with van der Waals surface area (Å²) in [7, 11) is 0. The van der Waals surface area contributed by atoms with Crippen LogP contribution in [0, 0.1) is 0 Å². The lowest BCUT2D eigenvalue weighted by Crippen LogP contribution is -2.37. The molecular weight excluding hydrogens is 280 g/mol. The zero-order valence-electron chi connectivity index (χ0n) is 13.6. The summed E-state index contributed by atoms with van der Waals surface area (Å²) in [5.41, 5.74) is 0.858. The number of thioether (sulfide) groups is 1. The summed E-state index contributed by atoms with van der Waals surface area (Å²) >= 11 is 1.93. The Balaban J connectivity index is 2.68. The normalized spacial score (nSPS) is 13.7. The summed E-state index contributed by atoms with van der Waals surface area (Å²) in [6.45, 7) is 9.21.